The van der Waals surface area contributed by atoms with Crippen LogP contribution >= 0.6 is 0 Å². The number of sulfone groups is 1. The van der Waals surface area contributed by atoms with Gasteiger partial charge in [0.05, 0.1) is 16.4 Å². The van der Waals surface area contributed by atoms with Crippen LogP contribution in [0.4, 0.5) is 11.4 Å². The van der Waals surface area contributed by atoms with E-state index in [-0.39, 0.29) is 23.2 Å². The fourth-order valence-electron chi connectivity index (χ4n) is 2.09. The first-order valence-electron chi connectivity index (χ1n) is 5.59. The van der Waals surface area contributed by atoms with E-state index < -0.39 is 14.8 Å². The molecule has 1 aliphatic rings. The van der Waals surface area contributed by atoms with Crippen molar-refractivity contribution in [2.45, 2.75) is 19.4 Å². The first-order chi connectivity index (χ1) is 8.37. The molecule has 1 aromatic carbocycles. The summed E-state index contributed by atoms with van der Waals surface area (Å²) in [5.74, 6) is 0.333. The van der Waals surface area contributed by atoms with Gasteiger partial charge >= 0.3 is 0 Å². The number of hydrogen-bond donors (Lipinski definition) is 1. The molecule has 1 fully saturated rings. The van der Waals surface area contributed by atoms with Gasteiger partial charge in [-0.05, 0) is 25.5 Å². The molecule has 0 aromatic heterocycles. The third-order valence-electron chi connectivity index (χ3n) is 3.00. The summed E-state index contributed by atoms with van der Waals surface area (Å²) < 4.78 is 22.6. The van der Waals surface area contributed by atoms with E-state index in [9.17, 15) is 18.5 Å². The lowest BCUT2D eigenvalue weighted by molar-refractivity contribution is -0.385. The van der Waals surface area contributed by atoms with Crippen molar-refractivity contribution in [2.75, 3.05) is 16.8 Å². The zero-order valence-electron chi connectivity index (χ0n) is 9.92. The van der Waals surface area contributed by atoms with Crippen LogP contribution < -0.4 is 5.32 Å². The summed E-state index contributed by atoms with van der Waals surface area (Å²) in [6.45, 7) is 1.66. The second-order valence-electron chi connectivity index (χ2n) is 4.50. The van der Waals surface area contributed by atoms with Gasteiger partial charge in [0, 0.05) is 23.4 Å². The molecular formula is C11H14N2O4S. The van der Waals surface area contributed by atoms with Crippen LogP contribution in [0.15, 0.2) is 18.2 Å². The topological polar surface area (TPSA) is 89.3 Å². The molecule has 1 N–H and O–H groups in total. The Morgan fingerprint density at radius 1 is 1.44 bits per heavy atom. The van der Waals surface area contributed by atoms with E-state index in [1.807, 2.05) is 0 Å². The SMILES string of the molecule is Cc1cc(N[C@@H]2CCS(=O)(=O)C2)ccc1[N+](=O)[O-]. The van der Waals surface area contributed by atoms with E-state index in [1.54, 1.807) is 19.1 Å². The summed E-state index contributed by atoms with van der Waals surface area (Å²) in [4.78, 5) is 10.2. The Hall–Kier alpha value is -1.63. The van der Waals surface area contributed by atoms with Crippen LogP contribution in [0.1, 0.15) is 12.0 Å². The Labute approximate surface area is 105 Å². The quantitative estimate of drug-likeness (QED) is 0.664. The van der Waals surface area contributed by atoms with E-state index in [2.05, 4.69) is 5.32 Å². The lowest BCUT2D eigenvalue weighted by Gasteiger charge is -2.12. The number of nitrogens with zero attached hydrogens (tertiary/aromatic N) is 1. The second kappa shape index (κ2) is 4.56. The standard InChI is InChI=1S/C11H14N2O4S/c1-8-6-9(2-3-11(8)13(14)15)12-10-4-5-18(16,17)7-10/h2-3,6,10,12H,4-5,7H2,1H3/t10-/m1/s1. The normalized spacial score (nSPS) is 21.7. The number of anilines is 1. The Kier molecular flexibility index (Phi) is 3.25. The molecule has 0 amide bonds. The summed E-state index contributed by atoms with van der Waals surface area (Å²) in [5.41, 5.74) is 1.35. The van der Waals surface area contributed by atoms with Crippen molar-refractivity contribution in [3.63, 3.8) is 0 Å². The van der Waals surface area contributed by atoms with Gasteiger partial charge in [0.15, 0.2) is 9.84 Å². The van der Waals surface area contributed by atoms with E-state index in [4.69, 9.17) is 0 Å². The fourth-order valence-corrected chi connectivity index (χ4v) is 3.77. The van der Waals surface area contributed by atoms with Crippen molar-refractivity contribution in [2.24, 2.45) is 0 Å². The van der Waals surface area contributed by atoms with Crippen molar-refractivity contribution in [1.29, 1.82) is 0 Å². The van der Waals surface area contributed by atoms with Crippen LogP contribution in [-0.2, 0) is 9.84 Å². The van der Waals surface area contributed by atoms with Crippen LogP contribution in [0.3, 0.4) is 0 Å². The third kappa shape index (κ3) is 2.79. The number of nitro benzene ring substituents is 1. The number of benzene rings is 1. The zero-order valence-corrected chi connectivity index (χ0v) is 10.7. The van der Waals surface area contributed by atoms with Gasteiger partial charge in [-0.1, -0.05) is 0 Å². The molecule has 0 bridgehead atoms. The number of nitro groups is 1. The van der Waals surface area contributed by atoms with Crippen LogP contribution in [0.2, 0.25) is 0 Å². The molecule has 0 spiro atoms. The molecule has 6 nitrogen and oxygen atoms in total. The van der Waals surface area contributed by atoms with E-state index >= 15 is 0 Å². The molecule has 7 heteroatoms. The highest BCUT2D eigenvalue weighted by atomic mass is 32.2. The van der Waals surface area contributed by atoms with Gasteiger partial charge in [-0.3, -0.25) is 10.1 Å². The number of rotatable bonds is 3. The predicted molar refractivity (Wildman–Crippen MR) is 68.5 cm³/mol. The van der Waals surface area contributed by atoms with Crippen molar-refractivity contribution in [3.05, 3.63) is 33.9 Å². The number of hydrogen-bond acceptors (Lipinski definition) is 5. The highest BCUT2D eigenvalue weighted by Crippen LogP contribution is 2.23. The van der Waals surface area contributed by atoms with Gasteiger partial charge in [-0.2, -0.15) is 0 Å². The molecule has 2 rings (SSSR count). The van der Waals surface area contributed by atoms with Crippen LogP contribution in [-0.4, -0.2) is 30.9 Å². The summed E-state index contributed by atoms with van der Waals surface area (Å²) in [5, 5.41) is 13.8. The maximum absolute atomic E-state index is 11.3. The van der Waals surface area contributed by atoms with E-state index in [0.717, 1.165) is 5.69 Å². The van der Waals surface area contributed by atoms with Crippen LogP contribution in [0.5, 0.6) is 0 Å². The van der Waals surface area contributed by atoms with Crippen LogP contribution in [0.25, 0.3) is 0 Å². The first-order valence-corrected chi connectivity index (χ1v) is 7.41. The number of nitrogens with one attached hydrogen (secondary N) is 1. The van der Waals surface area contributed by atoms with Crippen LogP contribution in [0, 0.1) is 17.0 Å². The first kappa shape index (κ1) is 12.8. The maximum atomic E-state index is 11.3. The zero-order chi connectivity index (χ0) is 13.3. The lowest BCUT2D eigenvalue weighted by Crippen LogP contribution is -2.20. The molecule has 0 unspecified atom stereocenters. The Morgan fingerprint density at radius 2 is 2.17 bits per heavy atom. The molecule has 98 valence electrons. The molecule has 18 heavy (non-hydrogen) atoms. The maximum Gasteiger partial charge on any atom is 0.272 e. The molecule has 1 atom stereocenters. The molecule has 1 heterocycles. The predicted octanol–water partition coefficient (Wildman–Crippen LogP) is 1.50. The Bertz CT molecular complexity index is 583. The Balaban J connectivity index is 2.12. The average molecular weight is 270 g/mol. The summed E-state index contributed by atoms with van der Waals surface area (Å²) in [6.07, 6.45) is 0.582. The monoisotopic (exact) mass is 270 g/mol. The third-order valence-corrected chi connectivity index (χ3v) is 4.76. The largest absolute Gasteiger partial charge is 0.381 e. The molecule has 1 aliphatic heterocycles. The van der Waals surface area contributed by atoms with E-state index in [1.165, 1.54) is 6.07 Å². The minimum absolute atomic E-state index is 0.0691. The minimum Gasteiger partial charge on any atom is -0.381 e. The molecule has 1 aromatic rings. The summed E-state index contributed by atoms with van der Waals surface area (Å²) in [6, 6.07) is 4.61. The van der Waals surface area contributed by atoms with Gasteiger partial charge < -0.3 is 5.32 Å². The van der Waals surface area contributed by atoms with Crippen molar-refractivity contribution in [1.82, 2.24) is 0 Å². The second-order valence-corrected chi connectivity index (χ2v) is 6.73. The molecular weight excluding hydrogens is 256 g/mol. The summed E-state index contributed by atoms with van der Waals surface area (Å²) in [7, 11) is -2.92. The molecule has 1 saturated heterocycles. The van der Waals surface area contributed by atoms with E-state index in [0.29, 0.717) is 12.0 Å². The van der Waals surface area contributed by atoms with Gasteiger partial charge in [-0.15, -0.1) is 0 Å². The average Bonchev–Trinajstić information content (AvgIpc) is 2.57. The Morgan fingerprint density at radius 3 is 2.67 bits per heavy atom. The lowest BCUT2D eigenvalue weighted by atomic mass is 10.1. The van der Waals surface area contributed by atoms with Crippen molar-refractivity contribution < 1.29 is 13.3 Å². The summed E-state index contributed by atoms with van der Waals surface area (Å²) >= 11 is 0. The van der Waals surface area contributed by atoms with Crippen molar-refractivity contribution >= 4 is 21.2 Å². The van der Waals surface area contributed by atoms with Gasteiger partial charge in [0.25, 0.3) is 5.69 Å². The number of aryl methyl sites for hydroxylation is 1. The highest BCUT2D eigenvalue weighted by molar-refractivity contribution is 7.91. The van der Waals surface area contributed by atoms with Gasteiger partial charge in [0.2, 0.25) is 0 Å². The van der Waals surface area contributed by atoms with Crippen molar-refractivity contribution in [3.8, 4) is 0 Å². The smallest absolute Gasteiger partial charge is 0.272 e. The molecule has 0 radical (unpaired) electrons. The van der Waals surface area contributed by atoms with Gasteiger partial charge in [0.1, 0.15) is 0 Å². The molecule has 0 aliphatic carbocycles. The van der Waals surface area contributed by atoms with Gasteiger partial charge in [-0.25, -0.2) is 8.42 Å². The molecule has 0 saturated carbocycles. The minimum atomic E-state index is -2.92. The highest BCUT2D eigenvalue weighted by Gasteiger charge is 2.27. The fraction of sp³-hybridized carbons (Fsp3) is 0.455.